The molecule has 0 saturated carbocycles. The molecule has 27 heavy (non-hydrogen) atoms. The summed E-state index contributed by atoms with van der Waals surface area (Å²) in [4.78, 5) is 43.8. The van der Waals surface area contributed by atoms with Gasteiger partial charge in [-0.25, -0.2) is 9.59 Å². The van der Waals surface area contributed by atoms with E-state index in [1.54, 1.807) is 0 Å². The zero-order chi connectivity index (χ0) is 20.0. The van der Waals surface area contributed by atoms with Gasteiger partial charge in [-0.1, -0.05) is 0 Å². The van der Waals surface area contributed by atoms with Crippen molar-refractivity contribution in [1.82, 2.24) is 0 Å². The molecule has 0 spiro atoms. The third-order valence-corrected chi connectivity index (χ3v) is 3.39. The maximum atomic E-state index is 12.0. The van der Waals surface area contributed by atoms with Crippen LogP contribution in [0.1, 0.15) is 27.6 Å². The Hall–Kier alpha value is -3.82. The molecule has 10 nitrogen and oxygen atoms in total. The van der Waals surface area contributed by atoms with E-state index in [-0.39, 0.29) is 29.1 Å². The lowest BCUT2D eigenvalue weighted by Crippen LogP contribution is -2.22. The lowest BCUT2D eigenvalue weighted by atomic mass is 10.2. The quantitative estimate of drug-likeness (QED) is 0.409. The monoisotopic (exact) mass is 374 g/mol. The molecule has 0 N–H and O–H groups in total. The molecule has 2 rings (SSSR count). The number of benzene rings is 2. The molecule has 0 radical (unpaired) electrons. The third-order valence-electron chi connectivity index (χ3n) is 3.39. The molecule has 0 fully saturated rings. The van der Waals surface area contributed by atoms with Crippen LogP contribution in [0.15, 0.2) is 48.5 Å². The molecule has 2 aromatic carbocycles. The van der Waals surface area contributed by atoms with Crippen LogP contribution in [0.25, 0.3) is 0 Å². The Bertz CT molecular complexity index is 862. The molecule has 0 saturated heterocycles. The number of hydrogen-bond donors (Lipinski definition) is 0. The van der Waals surface area contributed by atoms with E-state index >= 15 is 0 Å². The van der Waals surface area contributed by atoms with Crippen molar-refractivity contribution in [2.45, 2.75) is 13.0 Å². The van der Waals surface area contributed by atoms with E-state index in [9.17, 15) is 29.8 Å². The van der Waals surface area contributed by atoms with Crippen LogP contribution in [0.5, 0.6) is 0 Å². The standard InChI is InChI=1S/C17H14N2O8/c1-11(27-17(21)13-4-8-15(9-5-13)19(24)25)10-26-16(20)12-2-6-14(7-3-12)18(22)23/h2-9,11H,10H2,1H3/t11-/m1/s1. The zero-order valence-electron chi connectivity index (χ0n) is 14.1. The Labute approximate surface area is 152 Å². The molecule has 2 aromatic rings. The van der Waals surface area contributed by atoms with Gasteiger partial charge in [-0.3, -0.25) is 20.2 Å². The van der Waals surface area contributed by atoms with Gasteiger partial charge in [0, 0.05) is 24.3 Å². The highest BCUT2D eigenvalue weighted by Gasteiger charge is 2.16. The maximum absolute atomic E-state index is 12.0. The first kappa shape index (κ1) is 19.5. The summed E-state index contributed by atoms with van der Waals surface area (Å²) < 4.78 is 10.1. The van der Waals surface area contributed by atoms with Crippen molar-refractivity contribution in [2.24, 2.45) is 0 Å². The van der Waals surface area contributed by atoms with Gasteiger partial charge in [0.15, 0.2) is 0 Å². The average Bonchev–Trinajstić information content (AvgIpc) is 2.66. The van der Waals surface area contributed by atoms with Crippen molar-refractivity contribution in [3.8, 4) is 0 Å². The van der Waals surface area contributed by atoms with Gasteiger partial charge < -0.3 is 9.47 Å². The molecule has 1 atom stereocenters. The number of nitro groups is 2. The molecule has 0 aliphatic carbocycles. The van der Waals surface area contributed by atoms with Crippen LogP contribution in [0.2, 0.25) is 0 Å². The van der Waals surface area contributed by atoms with E-state index in [0.717, 1.165) is 0 Å². The topological polar surface area (TPSA) is 139 Å². The zero-order valence-corrected chi connectivity index (χ0v) is 14.1. The number of ether oxygens (including phenoxy) is 2. The second-order valence-corrected chi connectivity index (χ2v) is 5.42. The average molecular weight is 374 g/mol. The Morgan fingerprint density at radius 3 is 1.67 bits per heavy atom. The number of carbonyl (C=O) groups excluding carboxylic acids is 2. The highest BCUT2D eigenvalue weighted by molar-refractivity contribution is 5.90. The van der Waals surface area contributed by atoms with Crippen LogP contribution in [0.4, 0.5) is 11.4 Å². The summed E-state index contributed by atoms with van der Waals surface area (Å²) >= 11 is 0. The van der Waals surface area contributed by atoms with Crippen LogP contribution < -0.4 is 0 Å². The fourth-order valence-corrected chi connectivity index (χ4v) is 2.00. The summed E-state index contributed by atoms with van der Waals surface area (Å²) in [7, 11) is 0. The number of nitrogens with zero attached hydrogens (tertiary/aromatic N) is 2. The Morgan fingerprint density at radius 1 is 0.852 bits per heavy atom. The van der Waals surface area contributed by atoms with Crippen molar-refractivity contribution < 1.29 is 28.9 Å². The highest BCUT2D eigenvalue weighted by Crippen LogP contribution is 2.14. The maximum Gasteiger partial charge on any atom is 0.338 e. The minimum absolute atomic E-state index is 0.120. The van der Waals surface area contributed by atoms with Crippen LogP contribution in [-0.2, 0) is 9.47 Å². The number of carbonyl (C=O) groups is 2. The lowest BCUT2D eigenvalue weighted by Gasteiger charge is -2.13. The predicted molar refractivity (Wildman–Crippen MR) is 91.4 cm³/mol. The van der Waals surface area contributed by atoms with Crippen LogP contribution in [-0.4, -0.2) is 34.5 Å². The number of rotatable bonds is 7. The summed E-state index contributed by atoms with van der Waals surface area (Å²) in [6, 6.07) is 9.74. The fraction of sp³-hybridized carbons (Fsp3) is 0.176. The molecule has 140 valence electrons. The molecule has 10 heteroatoms. The second kappa shape index (κ2) is 8.52. The minimum Gasteiger partial charge on any atom is -0.458 e. The van der Waals surface area contributed by atoms with Gasteiger partial charge in [0.1, 0.15) is 12.7 Å². The summed E-state index contributed by atoms with van der Waals surface area (Å²) in [5, 5.41) is 21.2. The van der Waals surface area contributed by atoms with Gasteiger partial charge >= 0.3 is 11.9 Å². The van der Waals surface area contributed by atoms with E-state index < -0.39 is 27.9 Å². The Kier molecular flexibility index (Phi) is 6.15. The van der Waals surface area contributed by atoms with Crippen LogP contribution in [0, 0.1) is 20.2 Å². The normalized spacial score (nSPS) is 11.3. The van der Waals surface area contributed by atoms with E-state index in [4.69, 9.17) is 9.47 Å². The van der Waals surface area contributed by atoms with Crippen molar-refractivity contribution in [1.29, 1.82) is 0 Å². The van der Waals surface area contributed by atoms with Crippen molar-refractivity contribution in [3.63, 3.8) is 0 Å². The van der Waals surface area contributed by atoms with Gasteiger partial charge in [0.25, 0.3) is 11.4 Å². The van der Waals surface area contributed by atoms with Gasteiger partial charge in [-0.2, -0.15) is 0 Å². The first-order valence-electron chi connectivity index (χ1n) is 7.65. The first-order chi connectivity index (χ1) is 12.8. The number of esters is 2. The molecule has 0 amide bonds. The van der Waals surface area contributed by atoms with Crippen LogP contribution in [0.3, 0.4) is 0 Å². The largest absolute Gasteiger partial charge is 0.458 e. The van der Waals surface area contributed by atoms with Gasteiger partial charge in [0.05, 0.1) is 21.0 Å². The highest BCUT2D eigenvalue weighted by atomic mass is 16.6. The van der Waals surface area contributed by atoms with Crippen LogP contribution >= 0.6 is 0 Å². The Balaban J connectivity index is 1.86. The molecule has 0 aromatic heterocycles. The number of nitro benzene ring substituents is 2. The van der Waals surface area contributed by atoms with E-state index in [1.807, 2.05) is 0 Å². The summed E-state index contributed by atoms with van der Waals surface area (Å²) in [5.41, 5.74) is -0.0720. The van der Waals surface area contributed by atoms with Gasteiger partial charge in [0.2, 0.25) is 0 Å². The second-order valence-electron chi connectivity index (χ2n) is 5.42. The summed E-state index contributed by atoms with van der Waals surface area (Å²) in [5.74, 6) is -1.44. The molecular weight excluding hydrogens is 360 g/mol. The molecule has 0 aliphatic heterocycles. The molecule has 0 bridgehead atoms. The van der Waals surface area contributed by atoms with Gasteiger partial charge in [-0.15, -0.1) is 0 Å². The van der Waals surface area contributed by atoms with Gasteiger partial charge in [-0.05, 0) is 31.2 Å². The van der Waals surface area contributed by atoms with E-state index in [2.05, 4.69) is 0 Å². The van der Waals surface area contributed by atoms with E-state index in [1.165, 1.54) is 55.5 Å². The fourth-order valence-electron chi connectivity index (χ4n) is 2.00. The SMILES string of the molecule is C[C@H](COC(=O)c1ccc([N+](=O)[O-])cc1)OC(=O)c1ccc([N+](=O)[O-])cc1. The molecule has 0 unspecified atom stereocenters. The number of hydrogen-bond acceptors (Lipinski definition) is 8. The molecule has 0 aliphatic rings. The van der Waals surface area contributed by atoms with Crippen molar-refractivity contribution >= 4 is 23.3 Å². The molecular formula is C17H14N2O8. The van der Waals surface area contributed by atoms with Crippen molar-refractivity contribution in [2.75, 3.05) is 6.61 Å². The summed E-state index contributed by atoms with van der Waals surface area (Å²) in [6.07, 6.45) is -0.769. The first-order valence-corrected chi connectivity index (χ1v) is 7.65. The third kappa shape index (κ3) is 5.33. The Morgan fingerprint density at radius 2 is 1.26 bits per heavy atom. The van der Waals surface area contributed by atoms with Crippen molar-refractivity contribution in [3.05, 3.63) is 79.9 Å². The predicted octanol–water partition coefficient (Wildman–Crippen LogP) is 2.91. The minimum atomic E-state index is -0.769. The summed E-state index contributed by atoms with van der Waals surface area (Å²) in [6.45, 7) is 1.28. The number of non-ortho nitro benzene ring substituents is 2. The smallest absolute Gasteiger partial charge is 0.338 e. The lowest BCUT2D eigenvalue weighted by molar-refractivity contribution is -0.385. The van der Waals surface area contributed by atoms with E-state index in [0.29, 0.717) is 0 Å². The molecule has 0 heterocycles.